The van der Waals surface area contributed by atoms with Crippen LogP contribution in [0.1, 0.15) is 43.3 Å². The third-order valence-corrected chi connectivity index (χ3v) is 4.08. The molecule has 5 nitrogen and oxygen atoms in total. The summed E-state index contributed by atoms with van der Waals surface area (Å²) in [6.07, 6.45) is 4.84. The molecule has 1 aromatic rings. The second-order valence-electron chi connectivity index (χ2n) is 5.35. The minimum Gasteiger partial charge on any atom is -0.377 e. The van der Waals surface area contributed by atoms with Crippen molar-refractivity contribution in [2.24, 2.45) is 5.92 Å². The second kappa shape index (κ2) is 5.36. The van der Waals surface area contributed by atoms with E-state index in [4.69, 9.17) is 9.26 Å². The van der Waals surface area contributed by atoms with E-state index in [-0.39, 0.29) is 6.10 Å². The van der Waals surface area contributed by atoms with Crippen LogP contribution in [0.2, 0.25) is 0 Å². The maximum Gasteiger partial charge on any atom is 0.232 e. The number of hydrogen-bond donors (Lipinski definition) is 1. The maximum atomic E-state index is 6.04. The van der Waals surface area contributed by atoms with E-state index in [2.05, 4.69) is 15.5 Å². The molecule has 2 saturated heterocycles. The van der Waals surface area contributed by atoms with Crippen molar-refractivity contribution in [1.82, 2.24) is 15.5 Å². The first-order chi connectivity index (χ1) is 8.84. The molecular formula is C13H21N3O2. The molecule has 2 aliphatic heterocycles. The van der Waals surface area contributed by atoms with Gasteiger partial charge >= 0.3 is 0 Å². The molecule has 0 bridgehead atoms. The third kappa shape index (κ3) is 2.42. The summed E-state index contributed by atoms with van der Waals surface area (Å²) in [5.41, 5.74) is 0. The van der Waals surface area contributed by atoms with E-state index in [0.717, 1.165) is 44.3 Å². The zero-order valence-electron chi connectivity index (χ0n) is 10.9. The average Bonchev–Trinajstić information content (AvgIpc) is 2.86. The van der Waals surface area contributed by atoms with Gasteiger partial charge in [0.25, 0.3) is 0 Å². The van der Waals surface area contributed by atoms with Crippen LogP contribution in [0.25, 0.3) is 0 Å². The van der Waals surface area contributed by atoms with Gasteiger partial charge < -0.3 is 14.6 Å². The van der Waals surface area contributed by atoms with Crippen LogP contribution in [0.3, 0.4) is 0 Å². The summed E-state index contributed by atoms with van der Waals surface area (Å²) in [7, 11) is 0. The largest absolute Gasteiger partial charge is 0.377 e. The summed E-state index contributed by atoms with van der Waals surface area (Å²) in [6, 6.07) is 0. The molecule has 0 aliphatic carbocycles. The van der Waals surface area contributed by atoms with Crippen molar-refractivity contribution in [1.29, 1.82) is 0 Å². The lowest BCUT2D eigenvalue weighted by Crippen LogP contribution is -2.40. The van der Waals surface area contributed by atoms with Gasteiger partial charge in [0.2, 0.25) is 5.89 Å². The van der Waals surface area contributed by atoms with Crippen LogP contribution in [0, 0.1) is 12.8 Å². The maximum absolute atomic E-state index is 6.04. The molecule has 0 saturated carbocycles. The molecule has 100 valence electrons. The predicted octanol–water partition coefficient (Wildman–Crippen LogP) is 1.64. The molecule has 2 atom stereocenters. The van der Waals surface area contributed by atoms with Crippen LogP contribution in [0.4, 0.5) is 0 Å². The molecule has 3 rings (SSSR count). The van der Waals surface area contributed by atoms with E-state index < -0.39 is 0 Å². The zero-order valence-corrected chi connectivity index (χ0v) is 10.9. The summed E-state index contributed by atoms with van der Waals surface area (Å²) < 4.78 is 11.4. The molecule has 1 N–H and O–H groups in total. The van der Waals surface area contributed by atoms with Gasteiger partial charge in [-0.2, -0.15) is 4.98 Å². The van der Waals surface area contributed by atoms with Gasteiger partial charge in [0.1, 0.15) is 0 Å². The van der Waals surface area contributed by atoms with Gasteiger partial charge in [-0.15, -0.1) is 0 Å². The molecule has 1 aromatic heterocycles. The summed E-state index contributed by atoms with van der Waals surface area (Å²) in [4.78, 5) is 4.41. The smallest absolute Gasteiger partial charge is 0.232 e. The molecule has 0 amide bonds. The summed E-state index contributed by atoms with van der Waals surface area (Å²) >= 11 is 0. The summed E-state index contributed by atoms with van der Waals surface area (Å²) in [5, 5.41) is 7.32. The molecular weight excluding hydrogens is 230 g/mol. The van der Waals surface area contributed by atoms with E-state index in [0.29, 0.717) is 11.8 Å². The Morgan fingerprint density at radius 3 is 2.78 bits per heavy atom. The fraction of sp³-hybridized carbons (Fsp3) is 0.846. The Hall–Kier alpha value is -0.940. The van der Waals surface area contributed by atoms with Crippen LogP contribution < -0.4 is 5.32 Å². The normalized spacial score (nSPS) is 30.5. The minimum atomic E-state index is 0.265. The Morgan fingerprint density at radius 1 is 1.22 bits per heavy atom. The predicted molar refractivity (Wildman–Crippen MR) is 66.3 cm³/mol. The van der Waals surface area contributed by atoms with Gasteiger partial charge in [0.05, 0.1) is 12.0 Å². The molecule has 2 fully saturated rings. The number of nitrogens with one attached hydrogen (secondary N) is 1. The first kappa shape index (κ1) is 12.1. The number of piperidine rings is 1. The highest BCUT2D eigenvalue weighted by molar-refractivity contribution is 5.00. The quantitative estimate of drug-likeness (QED) is 0.866. The number of rotatable bonds is 2. The first-order valence-electron chi connectivity index (χ1n) is 6.97. The molecule has 18 heavy (non-hydrogen) atoms. The average molecular weight is 251 g/mol. The van der Waals surface area contributed by atoms with Crippen molar-refractivity contribution in [2.45, 2.75) is 44.6 Å². The number of hydrogen-bond acceptors (Lipinski definition) is 5. The third-order valence-electron chi connectivity index (χ3n) is 4.08. The highest BCUT2D eigenvalue weighted by Gasteiger charge is 2.37. The standard InChI is InChI=1S/C13H21N3O2/c1-9-15-13(18-16-9)11-3-2-8-17-12(11)10-4-6-14-7-5-10/h10-12,14H,2-8H2,1H3. The van der Waals surface area contributed by atoms with Gasteiger partial charge in [-0.25, -0.2) is 0 Å². The second-order valence-corrected chi connectivity index (χ2v) is 5.35. The van der Waals surface area contributed by atoms with Gasteiger partial charge in [-0.3, -0.25) is 0 Å². The van der Waals surface area contributed by atoms with E-state index in [1.165, 1.54) is 12.8 Å². The van der Waals surface area contributed by atoms with Crippen molar-refractivity contribution in [3.8, 4) is 0 Å². The first-order valence-corrected chi connectivity index (χ1v) is 6.97. The fourth-order valence-electron chi connectivity index (χ4n) is 3.17. The minimum absolute atomic E-state index is 0.265. The molecule has 0 spiro atoms. The van der Waals surface area contributed by atoms with Crippen molar-refractivity contribution in [3.63, 3.8) is 0 Å². The molecule has 0 radical (unpaired) electrons. The topological polar surface area (TPSA) is 60.2 Å². The van der Waals surface area contributed by atoms with Crippen LogP contribution in [0.5, 0.6) is 0 Å². The van der Waals surface area contributed by atoms with Crippen LogP contribution in [0.15, 0.2) is 4.52 Å². The lowest BCUT2D eigenvalue weighted by atomic mass is 9.81. The van der Waals surface area contributed by atoms with Gasteiger partial charge in [0, 0.05) is 6.61 Å². The summed E-state index contributed by atoms with van der Waals surface area (Å²) in [6.45, 7) is 4.94. The van der Waals surface area contributed by atoms with Crippen molar-refractivity contribution in [3.05, 3.63) is 11.7 Å². The number of aryl methyl sites for hydroxylation is 1. The molecule has 0 aromatic carbocycles. The van der Waals surface area contributed by atoms with E-state index in [1.807, 2.05) is 6.92 Å². The van der Waals surface area contributed by atoms with E-state index in [1.54, 1.807) is 0 Å². The number of aromatic nitrogens is 2. The monoisotopic (exact) mass is 251 g/mol. The highest BCUT2D eigenvalue weighted by atomic mass is 16.5. The lowest BCUT2D eigenvalue weighted by Gasteiger charge is -2.37. The number of nitrogens with zero attached hydrogens (tertiary/aromatic N) is 2. The van der Waals surface area contributed by atoms with Crippen molar-refractivity contribution < 1.29 is 9.26 Å². The van der Waals surface area contributed by atoms with E-state index in [9.17, 15) is 0 Å². The van der Waals surface area contributed by atoms with Crippen LogP contribution >= 0.6 is 0 Å². The Balaban J connectivity index is 1.76. The Morgan fingerprint density at radius 2 is 2.06 bits per heavy atom. The van der Waals surface area contributed by atoms with E-state index >= 15 is 0 Å². The molecule has 5 heteroatoms. The zero-order chi connectivity index (χ0) is 12.4. The Labute approximate surface area is 107 Å². The Bertz CT molecular complexity index is 387. The van der Waals surface area contributed by atoms with Gasteiger partial charge in [-0.05, 0) is 51.6 Å². The Kier molecular flexibility index (Phi) is 3.61. The van der Waals surface area contributed by atoms with Gasteiger partial charge in [-0.1, -0.05) is 5.16 Å². The summed E-state index contributed by atoms with van der Waals surface area (Å²) in [5.74, 6) is 2.42. The van der Waals surface area contributed by atoms with Crippen molar-refractivity contribution >= 4 is 0 Å². The number of ether oxygens (including phenoxy) is 1. The molecule has 2 unspecified atom stereocenters. The van der Waals surface area contributed by atoms with Crippen LogP contribution in [-0.4, -0.2) is 35.9 Å². The fourth-order valence-corrected chi connectivity index (χ4v) is 3.17. The molecule has 2 aliphatic rings. The highest BCUT2D eigenvalue weighted by Crippen LogP contribution is 2.36. The SMILES string of the molecule is Cc1noc(C2CCCOC2C2CCNCC2)n1. The molecule has 3 heterocycles. The van der Waals surface area contributed by atoms with Gasteiger partial charge in [0.15, 0.2) is 5.82 Å². The van der Waals surface area contributed by atoms with Crippen molar-refractivity contribution in [2.75, 3.05) is 19.7 Å². The lowest BCUT2D eigenvalue weighted by molar-refractivity contribution is -0.0502. The van der Waals surface area contributed by atoms with Crippen LogP contribution in [-0.2, 0) is 4.74 Å².